The Bertz CT molecular complexity index is 322. The SMILES string of the molecule is [2H]CCCCCCCCCCCCNC1O[C@H](CO)[C@H](O)[C@H](O)[C@H]1O. The summed E-state index contributed by atoms with van der Waals surface area (Å²) < 4.78 is 12.5. The fourth-order valence-corrected chi connectivity index (χ4v) is 3.05. The van der Waals surface area contributed by atoms with Crippen molar-refractivity contribution in [2.24, 2.45) is 0 Å². The molecule has 6 nitrogen and oxygen atoms in total. The van der Waals surface area contributed by atoms with Crippen molar-refractivity contribution in [1.82, 2.24) is 5.32 Å². The maximum absolute atomic E-state index is 9.91. The van der Waals surface area contributed by atoms with Crippen LogP contribution in [0.4, 0.5) is 0 Å². The number of ether oxygens (including phenoxy) is 1. The zero-order valence-electron chi connectivity index (χ0n) is 15.8. The second kappa shape index (κ2) is 13.0. The van der Waals surface area contributed by atoms with E-state index in [0.717, 1.165) is 19.3 Å². The summed E-state index contributed by atoms with van der Waals surface area (Å²) in [7, 11) is 0. The molecule has 0 aliphatic carbocycles. The Morgan fingerprint density at radius 3 is 2.00 bits per heavy atom. The van der Waals surface area contributed by atoms with Gasteiger partial charge in [-0.2, -0.15) is 0 Å². The minimum Gasteiger partial charge on any atom is -0.394 e. The number of rotatable bonds is 13. The number of nitrogens with one attached hydrogen (secondary N) is 1. The van der Waals surface area contributed by atoms with Gasteiger partial charge in [0.25, 0.3) is 0 Å². The Hall–Kier alpha value is -0.240. The third-order valence-corrected chi connectivity index (χ3v) is 4.66. The van der Waals surface area contributed by atoms with Crippen molar-refractivity contribution in [2.75, 3.05) is 13.2 Å². The number of hydrogen-bond acceptors (Lipinski definition) is 6. The van der Waals surface area contributed by atoms with Crippen LogP contribution in [0.5, 0.6) is 0 Å². The van der Waals surface area contributed by atoms with Crippen molar-refractivity contribution in [3.8, 4) is 0 Å². The Morgan fingerprint density at radius 1 is 0.833 bits per heavy atom. The van der Waals surface area contributed by atoms with Crippen molar-refractivity contribution >= 4 is 0 Å². The van der Waals surface area contributed by atoms with Gasteiger partial charge < -0.3 is 25.2 Å². The number of hydrogen-bond donors (Lipinski definition) is 5. The molecule has 0 saturated carbocycles. The van der Waals surface area contributed by atoms with Gasteiger partial charge in [0.05, 0.1) is 6.61 Å². The molecule has 144 valence electrons. The highest BCUT2D eigenvalue weighted by atomic mass is 16.6. The van der Waals surface area contributed by atoms with E-state index in [9.17, 15) is 15.3 Å². The lowest BCUT2D eigenvalue weighted by Crippen LogP contribution is -2.62. The molecule has 0 radical (unpaired) electrons. The van der Waals surface area contributed by atoms with Crippen molar-refractivity contribution < 1.29 is 26.5 Å². The first-order valence-electron chi connectivity index (χ1n) is 10.2. The zero-order valence-corrected chi connectivity index (χ0v) is 14.8. The fraction of sp³-hybridized carbons (Fsp3) is 1.00. The van der Waals surface area contributed by atoms with E-state index < -0.39 is 37.3 Å². The van der Waals surface area contributed by atoms with Gasteiger partial charge in [-0.05, 0) is 13.0 Å². The highest BCUT2D eigenvalue weighted by Crippen LogP contribution is 2.19. The van der Waals surface area contributed by atoms with Gasteiger partial charge in [0.15, 0.2) is 0 Å². The number of unbranched alkanes of at least 4 members (excludes halogenated alkanes) is 9. The first-order chi connectivity index (χ1) is 12.1. The van der Waals surface area contributed by atoms with Crippen LogP contribution in [0.1, 0.15) is 72.5 Å². The summed E-state index contributed by atoms with van der Waals surface area (Å²) in [5.41, 5.74) is 0. The normalized spacial score (nSPS) is 31.2. The molecule has 5 N–H and O–H groups in total. The fourth-order valence-electron chi connectivity index (χ4n) is 3.05. The lowest BCUT2D eigenvalue weighted by molar-refractivity contribution is -0.236. The minimum atomic E-state index is -1.32. The van der Waals surface area contributed by atoms with E-state index in [0.29, 0.717) is 13.4 Å². The maximum Gasteiger partial charge on any atom is 0.137 e. The van der Waals surface area contributed by atoms with Crippen LogP contribution in [-0.2, 0) is 4.74 Å². The van der Waals surface area contributed by atoms with Crippen LogP contribution in [0.3, 0.4) is 0 Å². The molecule has 0 spiro atoms. The standard InChI is InChI=1S/C18H37NO5/c1-2-3-4-5-6-7-8-9-10-11-12-19-18-17(23)16(22)15(21)14(13-20)24-18/h14-23H,2-13H2,1H3/t14-,15+,16+,17-,18?/m1/s1/i1D. The molecule has 1 saturated heterocycles. The summed E-state index contributed by atoms with van der Waals surface area (Å²) in [6.07, 6.45) is 6.33. The van der Waals surface area contributed by atoms with Crippen LogP contribution < -0.4 is 5.32 Å². The predicted octanol–water partition coefficient (Wildman–Crippen LogP) is 1.30. The summed E-state index contributed by atoms with van der Waals surface area (Å²) in [5.74, 6) is 0. The third-order valence-electron chi connectivity index (χ3n) is 4.66. The molecular formula is C18H37NO5. The topological polar surface area (TPSA) is 102 Å². The smallest absolute Gasteiger partial charge is 0.137 e. The van der Waals surface area contributed by atoms with Gasteiger partial charge in [-0.25, -0.2) is 0 Å². The van der Waals surface area contributed by atoms with E-state index >= 15 is 0 Å². The average molecular weight is 349 g/mol. The second-order valence-electron chi connectivity index (χ2n) is 6.74. The first-order valence-corrected chi connectivity index (χ1v) is 9.45. The van der Waals surface area contributed by atoms with Crippen molar-refractivity contribution in [1.29, 1.82) is 0 Å². The van der Waals surface area contributed by atoms with Gasteiger partial charge in [0.2, 0.25) is 0 Å². The molecular weight excluding hydrogens is 310 g/mol. The van der Waals surface area contributed by atoms with Crippen molar-refractivity contribution in [2.45, 2.75) is 102 Å². The van der Waals surface area contributed by atoms with Crippen LogP contribution in [-0.4, -0.2) is 64.2 Å². The third kappa shape index (κ3) is 7.76. The van der Waals surface area contributed by atoms with Gasteiger partial charge in [0.1, 0.15) is 30.6 Å². The van der Waals surface area contributed by atoms with E-state index in [1.807, 2.05) is 0 Å². The molecule has 1 fully saturated rings. The Morgan fingerprint density at radius 2 is 1.42 bits per heavy atom. The second-order valence-corrected chi connectivity index (χ2v) is 6.74. The molecule has 24 heavy (non-hydrogen) atoms. The lowest BCUT2D eigenvalue weighted by atomic mass is 9.98. The highest BCUT2D eigenvalue weighted by molar-refractivity contribution is 4.90. The van der Waals surface area contributed by atoms with Crippen LogP contribution in [0, 0.1) is 0 Å². The van der Waals surface area contributed by atoms with Crippen LogP contribution >= 0.6 is 0 Å². The molecule has 0 bridgehead atoms. The molecule has 1 rings (SSSR count). The summed E-state index contributed by atoms with van der Waals surface area (Å²) in [6.45, 7) is 0.819. The number of aliphatic hydroxyl groups excluding tert-OH is 4. The van der Waals surface area contributed by atoms with Gasteiger partial charge >= 0.3 is 0 Å². The Kier molecular flexibility index (Phi) is 10.9. The minimum absolute atomic E-state index is 0.397. The van der Waals surface area contributed by atoms with Gasteiger partial charge in [-0.3, -0.25) is 5.32 Å². The largest absolute Gasteiger partial charge is 0.394 e. The van der Waals surface area contributed by atoms with Gasteiger partial charge in [-0.1, -0.05) is 64.7 Å². The highest BCUT2D eigenvalue weighted by Gasteiger charge is 2.42. The van der Waals surface area contributed by atoms with Gasteiger partial charge in [0, 0.05) is 1.37 Å². The summed E-state index contributed by atoms with van der Waals surface area (Å²) >= 11 is 0. The van der Waals surface area contributed by atoms with Crippen LogP contribution in [0.15, 0.2) is 0 Å². The molecule has 0 aromatic heterocycles. The summed E-state index contributed by atoms with van der Waals surface area (Å²) in [4.78, 5) is 0. The monoisotopic (exact) mass is 348 g/mol. The first kappa shape index (κ1) is 20.1. The van der Waals surface area contributed by atoms with Crippen molar-refractivity contribution in [3.05, 3.63) is 0 Å². The average Bonchev–Trinajstić information content (AvgIpc) is 2.62. The molecule has 1 unspecified atom stereocenters. The predicted molar refractivity (Wildman–Crippen MR) is 93.6 cm³/mol. The summed E-state index contributed by atoms with van der Waals surface area (Å²) in [6, 6.07) is 0. The molecule has 0 aromatic carbocycles. The van der Waals surface area contributed by atoms with E-state index in [1.165, 1.54) is 44.9 Å². The molecule has 1 aliphatic heterocycles. The molecule has 6 heteroatoms. The Balaban J connectivity index is 1.99. The zero-order chi connectivity index (χ0) is 18.5. The van der Waals surface area contributed by atoms with Crippen molar-refractivity contribution in [3.63, 3.8) is 0 Å². The lowest BCUT2D eigenvalue weighted by Gasteiger charge is -2.40. The van der Waals surface area contributed by atoms with E-state index in [1.54, 1.807) is 0 Å². The van der Waals surface area contributed by atoms with E-state index in [-0.39, 0.29) is 0 Å². The van der Waals surface area contributed by atoms with Crippen LogP contribution in [0.25, 0.3) is 0 Å². The van der Waals surface area contributed by atoms with Gasteiger partial charge in [-0.15, -0.1) is 0 Å². The molecule has 0 aromatic rings. The molecule has 1 heterocycles. The Labute approximate surface area is 147 Å². The molecule has 5 atom stereocenters. The van der Waals surface area contributed by atoms with E-state index in [2.05, 4.69) is 5.32 Å². The quantitative estimate of drug-likeness (QED) is 0.322. The maximum atomic E-state index is 9.91. The summed E-state index contributed by atoms with van der Waals surface area (Å²) in [5, 5.41) is 41.5. The van der Waals surface area contributed by atoms with E-state index in [4.69, 9.17) is 11.2 Å². The van der Waals surface area contributed by atoms with Crippen LogP contribution in [0.2, 0.25) is 0 Å². The number of aliphatic hydroxyl groups is 4. The molecule has 0 amide bonds. The molecule has 1 aliphatic rings.